The molecule has 0 aliphatic rings. The Kier molecular flexibility index (Phi) is 4.57. The second-order valence-electron chi connectivity index (χ2n) is 4.88. The molecule has 1 atom stereocenters. The van der Waals surface area contributed by atoms with Crippen LogP contribution in [0.4, 0.5) is 0 Å². The lowest BCUT2D eigenvalue weighted by atomic mass is 9.91. The summed E-state index contributed by atoms with van der Waals surface area (Å²) in [6, 6.07) is 6.56. The maximum absolute atomic E-state index is 8.87. The largest absolute Gasteiger partial charge is 0.469 e. The third kappa shape index (κ3) is 4.50. The number of furan rings is 1. The van der Waals surface area contributed by atoms with Crippen LogP contribution in [0, 0.1) is 16.7 Å². The van der Waals surface area contributed by atoms with Gasteiger partial charge in [0.25, 0.3) is 0 Å². The van der Waals surface area contributed by atoms with Gasteiger partial charge in [0.1, 0.15) is 5.76 Å². The van der Waals surface area contributed by atoms with Gasteiger partial charge in [-0.3, -0.25) is 0 Å². The van der Waals surface area contributed by atoms with E-state index in [1.165, 1.54) is 0 Å². The van der Waals surface area contributed by atoms with Crippen LogP contribution in [0.2, 0.25) is 0 Å². The van der Waals surface area contributed by atoms with E-state index >= 15 is 0 Å². The van der Waals surface area contributed by atoms with Crippen LogP contribution >= 0.6 is 0 Å². The Balaban J connectivity index is 2.21. The molecule has 0 bridgehead atoms. The molecular weight excluding hydrogens is 200 g/mol. The van der Waals surface area contributed by atoms with Gasteiger partial charge in [-0.25, -0.2) is 0 Å². The van der Waals surface area contributed by atoms with E-state index in [2.05, 4.69) is 18.3 Å². The standard InChI is InChI=1S/C13H20N2O/c1-11(9-12-5-4-8-16-12)15-7-6-13(2,3)10-14/h4-5,8,11,15H,6-7,9H2,1-3H3. The van der Waals surface area contributed by atoms with Gasteiger partial charge < -0.3 is 9.73 Å². The quantitative estimate of drug-likeness (QED) is 0.802. The maximum atomic E-state index is 8.87. The summed E-state index contributed by atoms with van der Waals surface area (Å²) in [5.74, 6) is 1.000. The molecule has 3 heteroatoms. The second-order valence-corrected chi connectivity index (χ2v) is 4.88. The fourth-order valence-electron chi connectivity index (χ4n) is 1.49. The minimum Gasteiger partial charge on any atom is -0.469 e. The average Bonchev–Trinajstić information content (AvgIpc) is 2.70. The molecule has 0 radical (unpaired) electrons. The first-order valence-corrected chi connectivity index (χ1v) is 5.70. The summed E-state index contributed by atoms with van der Waals surface area (Å²) in [7, 11) is 0. The van der Waals surface area contributed by atoms with Crippen LogP contribution in [-0.2, 0) is 6.42 Å². The van der Waals surface area contributed by atoms with Crippen molar-refractivity contribution in [3.63, 3.8) is 0 Å². The summed E-state index contributed by atoms with van der Waals surface area (Å²) in [6.07, 6.45) is 3.45. The molecule has 0 aromatic carbocycles. The highest BCUT2D eigenvalue weighted by Crippen LogP contribution is 2.17. The first kappa shape index (κ1) is 12.8. The molecule has 16 heavy (non-hydrogen) atoms. The molecule has 0 aliphatic carbocycles. The van der Waals surface area contributed by atoms with Gasteiger partial charge in [0.15, 0.2) is 0 Å². The van der Waals surface area contributed by atoms with E-state index in [-0.39, 0.29) is 5.41 Å². The maximum Gasteiger partial charge on any atom is 0.105 e. The van der Waals surface area contributed by atoms with Crippen molar-refractivity contribution in [2.75, 3.05) is 6.54 Å². The van der Waals surface area contributed by atoms with Gasteiger partial charge in [0.2, 0.25) is 0 Å². The zero-order valence-corrected chi connectivity index (χ0v) is 10.3. The molecule has 3 nitrogen and oxygen atoms in total. The Morgan fingerprint density at radius 3 is 2.88 bits per heavy atom. The van der Waals surface area contributed by atoms with E-state index in [0.29, 0.717) is 6.04 Å². The Morgan fingerprint density at radius 1 is 1.56 bits per heavy atom. The van der Waals surface area contributed by atoms with E-state index in [1.54, 1.807) is 6.26 Å². The Labute approximate surface area is 97.5 Å². The van der Waals surface area contributed by atoms with E-state index in [1.807, 2.05) is 26.0 Å². The molecule has 0 amide bonds. The van der Waals surface area contributed by atoms with Crippen LogP contribution in [0.15, 0.2) is 22.8 Å². The molecule has 1 aromatic heterocycles. The predicted molar refractivity (Wildman–Crippen MR) is 63.9 cm³/mol. The molecule has 0 saturated carbocycles. The lowest BCUT2D eigenvalue weighted by Crippen LogP contribution is -2.31. The highest BCUT2D eigenvalue weighted by Gasteiger charge is 2.16. The number of nitriles is 1. The second kappa shape index (κ2) is 5.72. The monoisotopic (exact) mass is 220 g/mol. The third-order valence-corrected chi connectivity index (χ3v) is 2.63. The predicted octanol–water partition coefficient (Wildman–Crippen LogP) is 2.74. The summed E-state index contributed by atoms with van der Waals surface area (Å²) in [4.78, 5) is 0. The summed E-state index contributed by atoms with van der Waals surface area (Å²) >= 11 is 0. The third-order valence-electron chi connectivity index (χ3n) is 2.63. The molecule has 1 aromatic rings. The number of hydrogen-bond acceptors (Lipinski definition) is 3. The normalized spacial score (nSPS) is 13.4. The van der Waals surface area contributed by atoms with Crippen LogP contribution in [-0.4, -0.2) is 12.6 Å². The molecule has 0 aliphatic heterocycles. The van der Waals surface area contributed by atoms with Crippen LogP contribution < -0.4 is 5.32 Å². The highest BCUT2D eigenvalue weighted by atomic mass is 16.3. The SMILES string of the molecule is CC(Cc1ccco1)NCCC(C)(C)C#N. The van der Waals surface area contributed by atoms with Crippen molar-refractivity contribution in [3.05, 3.63) is 24.2 Å². The van der Waals surface area contributed by atoms with Gasteiger partial charge in [-0.15, -0.1) is 0 Å². The van der Waals surface area contributed by atoms with Crippen molar-refractivity contribution in [1.82, 2.24) is 5.32 Å². The van der Waals surface area contributed by atoms with E-state index in [9.17, 15) is 0 Å². The lowest BCUT2D eigenvalue weighted by molar-refractivity contribution is 0.400. The van der Waals surface area contributed by atoms with Crippen molar-refractivity contribution in [2.24, 2.45) is 5.41 Å². The topological polar surface area (TPSA) is 49.0 Å². The fourth-order valence-corrected chi connectivity index (χ4v) is 1.49. The number of rotatable bonds is 6. The number of nitrogens with one attached hydrogen (secondary N) is 1. The number of hydrogen-bond donors (Lipinski definition) is 1. The van der Waals surface area contributed by atoms with Gasteiger partial charge in [0.05, 0.1) is 17.7 Å². The first-order chi connectivity index (χ1) is 7.53. The molecule has 1 N–H and O–H groups in total. The average molecular weight is 220 g/mol. The van der Waals surface area contributed by atoms with Gasteiger partial charge in [-0.2, -0.15) is 5.26 Å². The molecule has 0 spiro atoms. The molecule has 1 unspecified atom stereocenters. The number of nitrogens with zero attached hydrogens (tertiary/aromatic N) is 1. The summed E-state index contributed by atoms with van der Waals surface area (Å²) in [6.45, 7) is 6.92. The van der Waals surface area contributed by atoms with Crippen molar-refractivity contribution in [3.8, 4) is 6.07 Å². The van der Waals surface area contributed by atoms with E-state index in [4.69, 9.17) is 9.68 Å². The lowest BCUT2D eigenvalue weighted by Gasteiger charge is -2.18. The fraction of sp³-hybridized carbons (Fsp3) is 0.615. The van der Waals surface area contributed by atoms with E-state index in [0.717, 1.165) is 25.1 Å². The van der Waals surface area contributed by atoms with E-state index < -0.39 is 0 Å². The van der Waals surface area contributed by atoms with Crippen molar-refractivity contribution >= 4 is 0 Å². The van der Waals surface area contributed by atoms with Crippen LogP contribution in [0.1, 0.15) is 33.0 Å². The van der Waals surface area contributed by atoms with Gasteiger partial charge in [0, 0.05) is 12.5 Å². The highest BCUT2D eigenvalue weighted by molar-refractivity contribution is 5.00. The zero-order valence-electron chi connectivity index (χ0n) is 10.3. The van der Waals surface area contributed by atoms with Crippen molar-refractivity contribution < 1.29 is 4.42 Å². The van der Waals surface area contributed by atoms with Crippen LogP contribution in [0.5, 0.6) is 0 Å². The zero-order chi connectivity index (χ0) is 12.0. The summed E-state index contributed by atoms with van der Waals surface area (Å²) in [5, 5.41) is 12.3. The molecule has 1 heterocycles. The first-order valence-electron chi connectivity index (χ1n) is 5.70. The minimum atomic E-state index is -0.239. The molecule has 1 rings (SSSR count). The Hall–Kier alpha value is -1.27. The molecule has 0 saturated heterocycles. The minimum absolute atomic E-state index is 0.239. The van der Waals surface area contributed by atoms with Crippen LogP contribution in [0.3, 0.4) is 0 Å². The molecular formula is C13H20N2O. The van der Waals surface area contributed by atoms with Gasteiger partial charge >= 0.3 is 0 Å². The summed E-state index contributed by atoms with van der Waals surface area (Å²) in [5.41, 5.74) is -0.239. The van der Waals surface area contributed by atoms with Crippen molar-refractivity contribution in [2.45, 2.75) is 39.7 Å². The van der Waals surface area contributed by atoms with Crippen LogP contribution in [0.25, 0.3) is 0 Å². The Bertz CT molecular complexity index is 335. The smallest absolute Gasteiger partial charge is 0.105 e. The summed E-state index contributed by atoms with van der Waals surface area (Å²) < 4.78 is 5.28. The molecule has 0 fully saturated rings. The molecule has 88 valence electrons. The van der Waals surface area contributed by atoms with Crippen molar-refractivity contribution in [1.29, 1.82) is 5.26 Å². The van der Waals surface area contributed by atoms with Gasteiger partial charge in [-0.05, 0) is 45.9 Å². The Morgan fingerprint density at radius 2 is 2.31 bits per heavy atom. The van der Waals surface area contributed by atoms with Gasteiger partial charge in [-0.1, -0.05) is 0 Å².